The summed E-state index contributed by atoms with van der Waals surface area (Å²) in [7, 11) is 0. The van der Waals surface area contributed by atoms with Gasteiger partial charge >= 0.3 is 5.97 Å². The molecule has 17 heavy (non-hydrogen) atoms. The third-order valence-electron chi connectivity index (χ3n) is 2.28. The summed E-state index contributed by atoms with van der Waals surface area (Å²) < 4.78 is 0. The van der Waals surface area contributed by atoms with Crippen LogP contribution in [0.2, 0.25) is 0 Å². The van der Waals surface area contributed by atoms with Crippen molar-refractivity contribution in [1.82, 2.24) is 5.32 Å². The number of carboxylic acid groups (broad SMARTS) is 1. The van der Waals surface area contributed by atoms with E-state index in [1.165, 1.54) is 0 Å². The zero-order valence-electron chi connectivity index (χ0n) is 10.4. The Kier molecular flexibility index (Phi) is 4.12. The smallest absolute Gasteiger partial charge is 0.321 e. The largest absolute Gasteiger partial charge is 0.508 e. The van der Waals surface area contributed by atoms with E-state index in [1.54, 1.807) is 24.3 Å². The van der Waals surface area contributed by atoms with Crippen molar-refractivity contribution in [2.45, 2.75) is 38.8 Å². The zero-order valence-corrected chi connectivity index (χ0v) is 10.4. The molecule has 0 aliphatic carbocycles. The summed E-state index contributed by atoms with van der Waals surface area (Å²) in [6, 6.07) is 5.96. The maximum atomic E-state index is 11.1. The normalized spacial score (nSPS) is 13.4. The molecule has 0 amide bonds. The van der Waals surface area contributed by atoms with Gasteiger partial charge in [0.25, 0.3) is 0 Å². The second-order valence-electron chi connectivity index (χ2n) is 5.16. The quantitative estimate of drug-likeness (QED) is 0.746. The highest BCUT2D eigenvalue weighted by Gasteiger charge is 2.23. The van der Waals surface area contributed by atoms with Crippen LogP contribution < -0.4 is 5.32 Å². The van der Waals surface area contributed by atoms with Gasteiger partial charge in [-0.05, 0) is 44.9 Å². The predicted molar refractivity (Wildman–Crippen MR) is 66.1 cm³/mol. The topological polar surface area (TPSA) is 69.6 Å². The van der Waals surface area contributed by atoms with E-state index >= 15 is 0 Å². The number of hydrogen-bond acceptors (Lipinski definition) is 3. The average molecular weight is 237 g/mol. The summed E-state index contributed by atoms with van der Waals surface area (Å²) in [4.78, 5) is 11.1. The highest BCUT2D eigenvalue weighted by Crippen LogP contribution is 2.12. The van der Waals surface area contributed by atoms with Crippen LogP contribution in [0.25, 0.3) is 0 Å². The van der Waals surface area contributed by atoms with Gasteiger partial charge in [-0.25, -0.2) is 0 Å². The average Bonchev–Trinajstić information content (AvgIpc) is 2.18. The summed E-state index contributed by atoms with van der Waals surface area (Å²) in [6.07, 6.45) is 0.396. The fourth-order valence-corrected chi connectivity index (χ4v) is 1.59. The molecule has 0 saturated carbocycles. The fourth-order valence-electron chi connectivity index (χ4n) is 1.59. The molecule has 1 aromatic carbocycles. The Morgan fingerprint density at radius 3 is 2.24 bits per heavy atom. The van der Waals surface area contributed by atoms with Crippen molar-refractivity contribution in [2.75, 3.05) is 0 Å². The molecule has 0 radical (unpaired) electrons. The van der Waals surface area contributed by atoms with Crippen LogP contribution in [0.3, 0.4) is 0 Å². The van der Waals surface area contributed by atoms with Gasteiger partial charge in [0.1, 0.15) is 11.8 Å². The van der Waals surface area contributed by atoms with E-state index in [2.05, 4.69) is 5.32 Å². The number of phenolic OH excluding ortho intramolecular Hbond substituents is 1. The molecule has 0 saturated heterocycles. The first kappa shape index (κ1) is 13.5. The molecule has 0 fully saturated rings. The molecular formula is C13H19NO3. The van der Waals surface area contributed by atoms with E-state index in [0.29, 0.717) is 6.42 Å². The maximum Gasteiger partial charge on any atom is 0.321 e. The molecule has 94 valence electrons. The minimum atomic E-state index is -0.868. The van der Waals surface area contributed by atoms with Crippen molar-refractivity contribution in [3.63, 3.8) is 0 Å². The Bertz CT molecular complexity index is 379. The Morgan fingerprint density at radius 2 is 1.82 bits per heavy atom. The van der Waals surface area contributed by atoms with Crippen LogP contribution in [0.4, 0.5) is 0 Å². The molecule has 0 aromatic heterocycles. The number of benzene rings is 1. The molecular weight excluding hydrogens is 218 g/mol. The molecule has 0 heterocycles. The monoisotopic (exact) mass is 237 g/mol. The van der Waals surface area contributed by atoms with Crippen LogP contribution in [0.15, 0.2) is 24.3 Å². The summed E-state index contributed by atoms with van der Waals surface area (Å²) in [5.74, 6) is -0.683. The fraction of sp³-hybridized carbons (Fsp3) is 0.462. The van der Waals surface area contributed by atoms with Crippen LogP contribution in [0.1, 0.15) is 26.3 Å². The van der Waals surface area contributed by atoms with E-state index in [9.17, 15) is 4.79 Å². The Hall–Kier alpha value is -1.55. The van der Waals surface area contributed by atoms with Crippen molar-refractivity contribution >= 4 is 5.97 Å². The lowest BCUT2D eigenvalue weighted by Gasteiger charge is -2.26. The number of phenols is 1. The van der Waals surface area contributed by atoms with E-state index in [-0.39, 0.29) is 11.3 Å². The second kappa shape index (κ2) is 5.19. The lowest BCUT2D eigenvalue weighted by atomic mass is 10.0. The van der Waals surface area contributed by atoms with Gasteiger partial charge in [-0.2, -0.15) is 0 Å². The number of rotatable bonds is 4. The summed E-state index contributed by atoms with van der Waals surface area (Å²) in [5, 5.41) is 21.4. The molecule has 0 aliphatic rings. The van der Waals surface area contributed by atoms with Gasteiger partial charge in [0, 0.05) is 5.54 Å². The molecule has 1 rings (SSSR count). The number of carbonyl (C=O) groups is 1. The van der Waals surface area contributed by atoms with Gasteiger partial charge in [-0.15, -0.1) is 0 Å². The van der Waals surface area contributed by atoms with Crippen molar-refractivity contribution in [3.8, 4) is 5.75 Å². The first-order valence-corrected chi connectivity index (χ1v) is 5.56. The minimum absolute atomic E-state index is 0.185. The van der Waals surface area contributed by atoms with Crippen molar-refractivity contribution in [2.24, 2.45) is 0 Å². The van der Waals surface area contributed by atoms with Crippen LogP contribution in [-0.4, -0.2) is 27.8 Å². The number of carboxylic acids is 1. The summed E-state index contributed by atoms with van der Waals surface area (Å²) >= 11 is 0. The van der Waals surface area contributed by atoms with Crippen molar-refractivity contribution < 1.29 is 15.0 Å². The molecule has 4 heteroatoms. The lowest BCUT2D eigenvalue weighted by molar-refractivity contribution is -0.140. The zero-order chi connectivity index (χ0) is 13.1. The highest BCUT2D eigenvalue weighted by molar-refractivity contribution is 5.74. The summed E-state index contributed by atoms with van der Waals surface area (Å²) in [6.45, 7) is 5.79. The van der Waals surface area contributed by atoms with Crippen LogP contribution in [0.5, 0.6) is 5.75 Å². The maximum absolute atomic E-state index is 11.1. The third kappa shape index (κ3) is 4.87. The molecule has 3 N–H and O–H groups in total. The van der Waals surface area contributed by atoms with Crippen LogP contribution in [-0.2, 0) is 11.2 Å². The van der Waals surface area contributed by atoms with Crippen LogP contribution in [0, 0.1) is 0 Å². The standard InChI is InChI=1S/C13H19NO3/c1-13(2,3)14-11(12(16)17)8-9-4-6-10(15)7-5-9/h4-7,11,14-15H,8H2,1-3H3,(H,16,17)/t11-/m1/s1. The lowest BCUT2D eigenvalue weighted by Crippen LogP contribution is -2.48. The van der Waals surface area contributed by atoms with E-state index in [1.807, 2.05) is 20.8 Å². The van der Waals surface area contributed by atoms with E-state index in [0.717, 1.165) is 5.56 Å². The number of aliphatic carboxylic acids is 1. The first-order valence-electron chi connectivity index (χ1n) is 5.56. The van der Waals surface area contributed by atoms with Gasteiger partial charge in [0.2, 0.25) is 0 Å². The highest BCUT2D eigenvalue weighted by atomic mass is 16.4. The SMILES string of the molecule is CC(C)(C)N[C@H](Cc1ccc(O)cc1)C(=O)O. The van der Waals surface area contributed by atoms with Gasteiger partial charge in [0.15, 0.2) is 0 Å². The Labute approximate surface area is 101 Å². The van der Waals surface area contributed by atoms with Gasteiger partial charge < -0.3 is 10.2 Å². The number of aromatic hydroxyl groups is 1. The Morgan fingerprint density at radius 1 is 1.29 bits per heavy atom. The third-order valence-corrected chi connectivity index (χ3v) is 2.28. The Balaban J connectivity index is 2.73. The molecule has 1 aromatic rings. The van der Waals surface area contributed by atoms with E-state index < -0.39 is 12.0 Å². The van der Waals surface area contributed by atoms with E-state index in [4.69, 9.17) is 10.2 Å². The van der Waals surface area contributed by atoms with Crippen molar-refractivity contribution in [1.29, 1.82) is 0 Å². The summed E-state index contributed by atoms with van der Waals surface area (Å²) in [5.41, 5.74) is 0.631. The van der Waals surface area contributed by atoms with Crippen LogP contribution >= 0.6 is 0 Å². The van der Waals surface area contributed by atoms with Gasteiger partial charge in [0.05, 0.1) is 0 Å². The molecule has 4 nitrogen and oxygen atoms in total. The van der Waals surface area contributed by atoms with Gasteiger partial charge in [-0.3, -0.25) is 10.1 Å². The molecule has 0 bridgehead atoms. The predicted octanol–water partition coefficient (Wildman–Crippen LogP) is 1.78. The second-order valence-corrected chi connectivity index (χ2v) is 5.16. The molecule has 0 unspecified atom stereocenters. The van der Waals surface area contributed by atoms with Gasteiger partial charge in [-0.1, -0.05) is 12.1 Å². The minimum Gasteiger partial charge on any atom is -0.508 e. The van der Waals surface area contributed by atoms with Crippen molar-refractivity contribution in [3.05, 3.63) is 29.8 Å². The number of hydrogen-bond donors (Lipinski definition) is 3. The number of nitrogens with one attached hydrogen (secondary N) is 1. The molecule has 0 spiro atoms. The molecule has 0 aliphatic heterocycles. The molecule has 1 atom stereocenters. The first-order chi connectivity index (χ1) is 7.78.